The molecule has 1 amide bonds. The zero-order chi connectivity index (χ0) is 18.5. The van der Waals surface area contributed by atoms with Crippen LogP contribution in [0.2, 0.25) is 0 Å². The molecule has 2 aliphatic rings. The van der Waals surface area contributed by atoms with Gasteiger partial charge in [-0.25, -0.2) is 0 Å². The molecule has 142 valence electrons. The number of nitrogens with one attached hydrogen (secondary N) is 1. The average Bonchev–Trinajstić information content (AvgIpc) is 3.04. The zero-order valence-electron chi connectivity index (χ0n) is 15.5. The van der Waals surface area contributed by atoms with Crippen LogP contribution in [0.1, 0.15) is 24.8 Å². The highest BCUT2D eigenvalue weighted by Gasteiger charge is 2.31. The summed E-state index contributed by atoms with van der Waals surface area (Å²) < 4.78 is 11.7. The van der Waals surface area contributed by atoms with Gasteiger partial charge < -0.3 is 19.7 Å². The Morgan fingerprint density at radius 2 is 1.63 bits per heavy atom. The number of carbonyl (C=O) groups excluding carboxylic acids is 1. The van der Waals surface area contributed by atoms with Crippen molar-refractivity contribution in [3.63, 3.8) is 0 Å². The third-order valence-electron chi connectivity index (χ3n) is 5.31. The first-order chi connectivity index (χ1) is 13.3. The monoisotopic (exact) mass is 366 g/mol. The molecule has 0 spiro atoms. The van der Waals surface area contributed by atoms with Crippen LogP contribution in [0, 0.1) is 0 Å². The van der Waals surface area contributed by atoms with Gasteiger partial charge in [-0.1, -0.05) is 42.5 Å². The van der Waals surface area contributed by atoms with Crippen LogP contribution in [-0.2, 0) is 11.4 Å². The molecule has 5 nitrogen and oxygen atoms in total. The van der Waals surface area contributed by atoms with Gasteiger partial charge in [0.1, 0.15) is 6.61 Å². The first kappa shape index (κ1) is 17.9. The molecule has 2 atom stereocenters. The maximum atomic E-state index is 12.6. The summed E-state index contributed by atoms with van der Waals surface area (Å²) in [4.78, 5) is 14.6. The summed E-state index contributed by atoms with van der Waals surface area (Å²) in [6.45, 7) is 2.10. The lowest BCUT2D eigenvalue weighted by Gasteiger charge is -2.24. The Morgan fingerprint density at radius 3 is 2.44 bits per heavy atom. The van der Waals surface area contributed by atoms with Crippen molar-refractivity contribution in [2.24, 2.45) is 0 Å². The fraction of sp³-hybridized carbons (Fsp3) is 0.409. The molecule has 2 fully saturated rings. The van der Waals surface area contributed by atoms with Crippen LogP contribution in [-0.4, -0.2) is 42.6 Å². The van der Waals surface area contributed by atoms with E-state index in [1.165, 1.54) is 6.42 Å². The average molecular weight is 366 g/mol. The minimum atomic E-state index is 0.0437. The maximum Gasteiger partial charge on any atom is 0.260 e. The second kappa shape index (κ2) is 8.44. The molecule has 2 bridgehead atoms. The van der Waals surface area contributed by atoms with Gasteiger partial charge in [0.05, 0.1) is 0 Å². The number of ether oxygens (including phenoxy) is 2. The number of fused-ring (bicyclic) bond motifs is 2. The molecule has 5 heteroatoms. The molecule has 2 unspecified atom stereocenters. The normalized spacial score (nSPS) is 21.6. The number of rotatable bonds is 6. The Morgan fingerprint density at radius 1 is 0.926 bits per heavy atom. The zero-order valence-corrected chi connectivity index (χ0v) is 15.5. The van der Waals surface area contributed by atoms with Gasteiger partial charge in [-0.3, -0.25) is 4.79 Å². The quantitative estimate of drug-likeness (QED) is 0.854. The SMILES string of the molecule is O=C(COc1ccccc1OCc1ccccc1)N1CCC2CCC(C1)N2. The topological polar surface area (TPSA) is 50.8 Å². The van der Waals surface area contributed by atoms with Crippen molar-refractivity contribution in [2.45, 2.75) is 38.0 Å². The van der Waals surface area contributed by atoms with Crippen LogP contribution in [0.4, 0.5) is 0 Å². The van der Waals surface area contributed by atoms with Gasteiger partial charge in [0.15, 0.2) is 18.1 Å². The Labute approximate surface area is 160 Å². The molecule has 0 saturated carbocycles. The fourth-order valence-electron chi connectivity index (χ4n) is 3.82. The second-order valence-corrected chi connectivity index (χ2v) is 7.28. The first-order valence-electron chi connectivity index (χ1n) is 9.70. The van der Waals surface area contributed by atoms with Gasteiger partial charge in [0.25, 0.3) is 5.91 Å². The van der Waals surface area contributed by atoms with E-state index in [-0.39, 0.29) is 12.5 Å². The number of benzene rings is 2. The van der Waals surface area contributed by atoms with Gasteiger partial charge in [0.2, 0.25) is 0 Å². The van der Waals surface area contributed by atoms with Crippen LogP contribution in [0.15, 0.2) is 54.6 Å². The minimum absolute atomic E-state index is 0.0437. The molecule has 0 aromatic heterocycles. The van der Waals surface area contributed by atoms with Gasteiger partial charge in [-0.05, 0) is 37.0 Å². The van der Waals surface area contributed by atoms with Crippen LogP contribution >= 0.6 is 0 Å². The summed E-state index contributed by atoms with van der Waals surface area (Å²) in [5, 5.41) is 3.60. The number of hydrogen-bond donors (Lipinski definition) is 1. The highest BCUT2D eigenvalue weighted by molar-refractivity contribution is 5.78. The fourth-order valence-corrected chi connectivity index (χ4v) is 3.82. The van der Waals surface area contributed by atoms with E-state index in [0.29, 0.717) is 30.2 Å². The third kappa shape index (κ3) is 4.61. The molecule has 2 heterocycles. The smallest absolute Gasteiger partial charge is 0.260 e. The number of amides is 1. The highest BCUT2D eigenvalue weighted by atomic mass is 16.5. The van der Waals surface area contributed by atoms with Gasteiger partial charge in [0, 0.05) is 25.2 Å². The van der Waals surface area contributed by atoms with E-state index in [0.717, 1.165) is 31.5 Å². The van der Waals surface area contributed by atoms with Crippen molar-refractivity contribution in [1.82, 2.24) is 10.2 Å². The summed E-state index contributed by atoms with van der Waals surface area (Å²) in [5.41, 5.74) is 1.09. The third-order valence-corrected chi connectivity index (χ3v) is 5.31. The van der Waals surface area contributed by atoms with Crippen molar-refractivity contribution in [3.05, 3.63) is 60.2 Å². The van der Waals surface area contributed by atoms with Crippen LogP contribution in [0.25, 0.3) is 0 Å². The molecule has 2 aromatic carbocycles. The second-order valence-electron chi connectivity index (χ2n) is 7.28. The van der Waals surface area contributed by atoms with E-state index in [4.69, 9.17) is 9.47 Å². The molecule has 0 aliphatic carbocycles. The number of nitrogens with zero attached hydrogens (tertiary/aromatic N) is 1. The number of hydrogen-bond acceptors (Lipinski definition) is 4. The van der Waals surface area contributed by atoms with E-state index < -0.39 is 0 Å². The van der Waals surface area contributed by atoms with Crippen molar-refractivity contribution < 1.29 is 14.3 Å². The van der Waals surface area contributed by atoms with E-state index in [9.17, 15) is 4.79 Å². The predicted molar refractivity (Wildman–Crippen MR) is 104 cm³/mol. The minimum Gasteiger partial charge on any atom is -0.485 e. The molecule has 2 aromatic rings. The molecular weight excluding hydrogens is 340 g/mol. The Balaban J connectivity index is 1.33. The van der Waals surface area contributed by atoms with Gasteiger partial charge in [-0.15, -0.1) is 0 Å². The summed E-state index contributed by atoms with van der Waals surface area (Å²) in [6, 6.07) is 18.5. The molecule has 27 heavy (non-hydrogen) atoms. The summed E-state index contributed by atoms with van der Waals surface area (Å²) in [7, 11) is 0. The summed E-state index contributed by atoms with van der Waals surface area (Å²) in [6.07, 6.45) is 3.42. The molecule has 2 aliphatic heterocycles. The van der Waals surface area contributed by atoms with Crippen molar-refractivity contribution >= 4 is 5.91 Å². The van der Waals surface area contributed by atoms with E-state index in [1.54, 1.807) is 0 Å². The lowest BCUT2D eigenvalue weighted by Crippen LogP contribution is -2.41. The molecule has 2 saturated heterocycles. The first-order valence-corrected chi connectivity index (χ1v) is 9.70. The van der Waals surface area contributed by atoms with Crippen molar-refractivity contribution in [2.75, 3.05) is 19.7 Å². The summed E-state index contributed by atoms with van der Waals surface area (Å²) >= 11 is 0. The van der Waals surface area contributed by atoms with E-state index in [1.807, 2.05) is 59.5 Å². The standard InChI is InChI=1S/C22H26N2O3/c25-22(24-13-12-18-10-11-19(14-24)23-18)16-27-21-9-5-4-8-20(21)26-15-17-6-2-1-3-7-17/h1-9,18-19,23H,10-16H2. The van der Waals surface area contributed by atoms with E-state index >= 15 is 0 Å². The Kier molecular flexibility index (Phi) is 5.58. The number of likely N-dealkylation sites (tertiary alicyclic amines) is 1. The number of para-hydroxylation sites is 2. The number of carbonyl (C=O) groups is 1. The molecular formula is C22H26N2O3. The van der Waals surface area contributed by atoms with Crippen LogP contribution in [0.5, 0.6) is 11.5 Å². The van der Waals surface area contributed by atoms with Gasteiger partial charge >= 0.3 is 0 Å². The van der Waals surface area contributed by atoms with Gasteiger partial charge in [-0.2, -0.15) is 0 Å². The van der Waals surface area contributed by atoms with Crippen molar-refractivity contribution in [1.29, 1.82) is 0 Å². The van der Waals surface area contributed by atoms with Crippen LogP contribution < -0.4 is 14.8 Å². The Hall–Kier alpha value is -2.53. The van der Waals surface area contributed by atoms with Crippen LogP contribution in [0.3, 0.4) is 0 Å². The molecule has 0 radical (unpaired) electrons. The van der Waals surface area contributed by atoms with Crippen molar-refractivity contribution in [3.8, 4) is 11.5 Å². The molecule has 1 N–H and O–H groups in total. The Bertz CT molecular complexity index is 765. The maximum absolute atomic E-state index is 12.6. The highest BCUT2D eigenvalue weighted by Crippen LogP contribution is 2.27. The summed E-state index contributed by atoms with van der Waals surface area (Å²) in [5.74, 6) is 1.31. The molecule has 4 rings (SSSR count). The predicted octanol–water partition coefficient (Wildman–Crippen LogP) is 3.00. The largest absolute Gasteiger partial charge is 0.485 e. The lowest BCUT2D eigenvalue weighted by molar-refractivity contribution is -0.133. The van der Waals surface area contributed by atoms with E-state index in [2.05, 4.69) is 5.32 Å². The lowest BCUT2D eigenvalue weighted by atomic mass is 10.1.